The quantitative estimate of drug-likeness (QED) is 0.882. The zero-order valence-electron chi connectivity index (χ0n) is 12.7. The number of carbonyl (C=O) groups excluding carboxylic acids is 2. The number of carbonyl (C=O) groups is 2. The molecule has 0 bridgehead atoms. The molecule has 0 unspecified atom stereocenters. The third-order valence-electron chi connectivity index (χ3n) is 3.83. The molecule has 1 saturated heterocycles. The first-order valence-corrected chi connectivity index (χ1v) is 7.36. The van der Waals surface area contributed by atoms with Gasteiger partial charge in [0.25, 0.3) is 0 Å². The molecule has 23 heavy (non-hydrogen) atoms. The number of hydrogen-bond acceptors (Lipinski definition) is 4. The Balaban J connectivity index is 1.75. The van der Waals surface area contributed by atoms with E-state index < -0.39 is 12.0 Å². The standard InChI is InChI=1S/C18H17NO4/c1-22-14-9-7-13(8-10-14)19-18(21)15-11-16(20)23-17(15)12-5-3-2-4-6-12/h2-10,15,17H,11H2,1H3,(H,19,21)/t15-,17-/m0/s1. The summed E-state index contributed by atoms with van der Waals surface area (Å²) in [7, 11) is 1.58. The van der Waals surface area contributed by atoms with E-state index in [1.54, 1.807) is 31.4 Å². The summed E-state index contributed by atoms with van der Waals surface area (Å²) in [6.07, 6.45) is -0.455. The Hall–Kier alpha value is -2.82. The molecule has 0 aromatic heterocycles. The molecule has 1 fully saturated rings. The third kappa shape index (κ3) is 3.34. The molecule has 2 aromatic carbocycles. The zero-order chi connectivity index (χ0) is 16.2. The number of cyclic esters (lactones) is 1. The predicted octanol–water partition coefficient (Wildman–Crippen LogP) is 2.94. The monoisotopic (exact) mass is 311 g/mol. The summed E-state index contributed by atoms with van der Waals surface area (Å²) >= 11 is 0. The number of amides is 1. The Morgan fingerprint density at radius 1 is 1.13 bits per heavy atom. The Kier molecular flexibility index (Phi) is 4.28. The molecule has 0 spiro atoms. The number of ether oxygens (including phenoxy) is 2. The van der Waals surface area contributed by atoms with Gasteiger partial charge in [-0.1, -0.05) is 30.3 Å². The average molecular weight is 311 g/mol. The highest BCUT2D eigenvalue weighted by atomic mass is 16.6. The summed E-state index contributed by atoms with van der Waals surface area (Å²) < 4.78 is 10.4. The van der Waals surface area contributed by atoms with E-state index in [2.05, 4.69) is 5.32 Å². The van der Waals surface area contributed by atoms with E-state index in [4.69, 9.17) is 9.47 Å². The maximum atomic E-state index is 12.5. The Bertz CT molecular complexity index is 697. The summed E-state index contributed by atoms with van der Waals surface area (Å²) in [6.45, 7) is 0. The van der Waals surface area contributed by atoms with E-state index in [-0.39, 0.29) is 18.3 Å². The summed E-state index contributed by atoms with van der Waals surface area (Å²) in [5, 5.41) is 2.83. The van der Waals surface area contributed by atoms with Crippen LogP contribution in [0.5, 0.6) is 5.75 Å². The molecule has 1 amide bonds. The molecule has 1 N–H and O–H groups in total. The molecule has 1 heterocycles. The van der Waals surface area contributed by atoms with Crippen molar-refractivity contribution in [3.8, 4) is 5.75 Å². The van der Waals surface area contributed by atoms with Gasteiger partial charge in [0, 0.05) is 5.69 Å². The number of esters is 1. The number of rotatable bonds is 4. The van der Waals surface area contributed by atoms with Gasteiger partial charge in [-0.05, 0) is 29.8 Å². The molecule has 0 saturated carbocycles. The number of methoxy groups -OCH3 is 1. The molecule has 5 heteroatoms. The normalized spacial score (nSPS) is 20.0. The first-order chi connectivity index (χ1) is 11.2. The fraction of sp³-hybridized carbons (Fsp3) is 0.222. The van der Waals surface area contributed by atoms with E-state index in [0.717, 1.165) is 5.56 Å². The molecule has 1 aliphatic rings. The molecular formula is C18H17NO4. The summed E-state index contributed by atoms with van der Waals surface area (Å²) in [6, 6.07) is 16.4. The molecular weight excluding hydrogens is 294 g/mol. The minimum Gasteiger partial charge on any atom is -0.497 e. The molecule has 2 aromatic rings. The van der Waals surface area contributed by atoms with E-state index in [9.17, 15) is 9.59 Å². The molecule has 3 rings (SSSR count). The fourth-order valence-corrected chi connectivity index (χ4v) is 2.64. The van der Waals surface area contributed by atoms with Crippen molar-refractivity contribution in [1.29, 1.82) is 0 Å². The van der Waals surface area contributed by atoms with Crippen LogP contribution in [-0.4, -0.2) is 19.0 Å². The molecule has 1 aliphatic heterocycles. The van der Waals surface area contributed by atoms with Gasteiger partial charge in [-0.2, -0.15) is 0 Å². The third-order valence-corrected chi connectivity index (χ3v) is 3.83. The van der Waals surface area contributed by atoms with Crippen LogP contribution < -0.4 is 10.1 Å². The number of anilines is 1. The van der Waals surface area contributed by atoms with Crippen LogP contribution in [0.1, 0.15) is 18.1 Å². The Morgan fingerprint density at radius 3 is 2.48 bits per heavy atom. The highest BCUT2D eigenvalue weighted by Crippen LogP contribution is 2.36. The number of hydrogen-bond donors (Lipinski definition) is 1. The van der Waals surface area contributed by atoms with Crippen LogP contribution in [0.25, 0.3) is 0 Å². The van der Waals surface area contributed by atoms with Gasteiger partial charge in [0.15, 0.2) is 0 Å². The molecule has 5 nitrogen and oxygen atoms in total. The van der Waals surface area contributed by atoms with E-state index in [1.807, 2.05) is 30.3 Å². The van der Waals surface area contributed by atoms with Crippen molar-refractivity contribution in [2.75, 3.05) is 12.4 Å². The van der Waals surface area contributed by atoms with Crippen LogP contribution in [0, 0.1) is 5.92 Å². The zero-order valence-corrected chi connectivity index (χ0v) is 12.7. The van der Waals surface area contributed by atoms with Gasteiger partial charge in [-0.25, -0.2) is 0 Å². The summed E-state index contributed by atoms with van der Waals surface area (Å²) in [5.74, 6) is -0.403. The summed E-state index contributed by atoms with van der Waals surface area (Å²) in [5.41, 5.74) is 1.48. The minimum absolute atomic E-state index is 0.0849. The van der Waals surface area contributed by atoms with Crippen LogP contribution in [0.4, 0.5) is 5.69 Å². The van der Waals surface area contributed by atoms with Crippen LogP contribution in [0.15, 0.2) is 54.6 Å². The van der Waals surface area contributed by atoms with Gasteiger partial charge in [0.05, 0.1) is 19.4 Å². The second-order valence-corrected chi connectivity index (χ2v) is 5.35. The lowest BCUT2D eigenvalue weighted by atomic mass is 9.94. The van der Waals surface area contributed by atoms with Crippen LogP contribution in [0.3, 0.4) is 0 Å². The largest absolute Gasteiger partial charge is 0.497 e. The first kappa shape index (κ1) is 15.1. The van der Waals surface area contributed by atoms with Crippen LogP contribution >= 0.6 is 0 Å². The highest BCUT2D eigenvalue weighted by molar-refractivity contribution is 5.96. The Labute approximate surface area is 134 Å². The highest BCUT2D eigenvalue weighted by Gasteiger charge is 2.40. The Morgan fingerprint density at radius 2 is 1.83 bits per heavy atom. The second-order valence-electron chi connectivity index (χ2n) is 5.35. The summed E-state index contributed by atoms with van der Waals surface area (Å²) in [4.78, 5) is 24.2. The van der Waals surface area contributed by atoms with Gasteiger partial charge in [0.2, 0.25) is 5.91 Å². The molecule has 0 aliphatic carbocycles. The minimum atomic E-state index is -0.540. The van der Waals surface area contributed by atoms with Gasteiger partial charge < -0.3 is 14.8 Å². The van der Waals surface area contributed by atoms with Crippen molar-refractivity contribution < 1.29 is 19.1 Å². The van der Waals surface area contributed by atoms with Crippen molar-refractivity contribution in [3.63, 3.8) is 0 Å². The van der Waals surface area contributed by atoms with Gasteiger partial charge >= 0.3 is 5.97 Å². The van der Waals surface area contributed by atoms with Gasteiger partial charge in [0.1, 0.15) is 11.9 Å². The van der Waals surface area contributed by atoms with Crippen molar-refractivity contribution in [1.82, 2.24) is 0 Å². The van der Waals surface area contributed by atoms with Crippen LogP contribution in [-0.2, 0) is 14.3 Å². The SMILES string of the molecule is COc1ccc(NC(=O)[C@H]2CC(=O)O[C@H]2c2ccccc2)cc1. The molecule has 118 valence electrons. The van der Waals surface area contributed by atoms with Crippen molar-refractivity contribution >= 4 is 17.6 Å². The maximum Gasteiger partial charge on any atom is 0.307 e. The van der Waals surface area contributed by atoms with E-state index >= 15 is 0 Å². The fourth-order valence-electron chi connectivity index (χ4n) is 2.64. The number of benzene rings is 2. The second kappa shape index (κ2) is 6.52. The maximum absolute atomic E-state index is 12.5. The number of nitrogens with one attached hydrogen (secondary N) is 1. The van der Waals surface area contributed by atoms with Crippen LogP contribution in [0.2, 0.25) is 0 Å². The smallest absolute Gasteiger partial charge is 0.307 e. The topological polar surface area (TPSA) is 64.6 Å². The lowest BCUT2D eigenvalue weighted by molar-refractivity contribution is -0.141. The van der Waals surface area contributed by atoms with Crippen molar-refractivity contribution in [2.24, 2.45) is 5.92 Å². The first-order valence-electron chi connectivity index (χ1n) is 7.36. The van der Waals surface area contributed by atoms with Crippen molar-refractivity contribution in [2.45, 2.75) is 12.5 Å². The van der Waals surface area contributed by atoms with Crippen molar-refractivity contribution in [3.05, 3.63) is 60.2 Å². The lowest BCUT2D eigenvalue weighted by Crippen LogP contribution is -2.25. The van der Waals surface area contributed by atoms with Gasteiger partial charge in [-0.15, -0.1) is 0 Å². The average Bonchev–Trinajstić information content (AvgIpc) is 2.98. The predicted molar refractivity (Wildman–Crippen MR) is 85.0 cm³/mol. The molecule has 0 radical (unpaired) electrons. The van der Waals surface area contributed by atoms with E-state index in [1.165, 1.54) is 0 Å². The van der Waals surface area contributed by atoms with E-state index in [0.29, 0.717) is 11.4 Å². The van der Waals surface area contributed by atoms with Gasteiger partial charge in [-0.3, -0.25) is 9.59 Å². The lowest BCUT2D eigenvalue weighted by Gasteiger charge is -2.17. The molecule has 2 atom stereocenters.